The van der Waals surface area contributed by atoms with Crippen molar-refractivity contribution in [3.63, 3.8) is 0 Å². The molecule has 0 saturated heterocycles. The average Bonchev–Trinajstić information content (AvgIpc) is 2.39. The van der Waals surface area contributed by atoms with E-state index in [1.54, 1.807) is 12.1 Å². The van der Waals surface area contributed by atoms with Crippen molar-refractivity contribution in [2.24, 2.45) is 0 Å². The quantitative estimate of drug-likeness (QED) is 0.730. The second-order valence-corrected chi connectivity index (χ2v) is 4.09. The Morgan fingerprint density at radius 1 is 1.41 bits per heavy atom. The van der Waals surface area contributed by atoms with Crippen molar-refractivity contribution in [2.75, 3.05) is 11.9 Å². The van der Waals surface area contributed by atoms with Crippen LogP contribution in [0, 0.1) is 11.3 Å². The van der Waals surface area contributed by atoms with Crippen LogP contribution in [0.1, 0.15) is 42.6 Å². The van der Waals surface area contributed by atoms with Gasteiger partial charge in [0.25, 0.3) is 0 Å². The maximum Gasteiger partial charge on any atom is 0.150 e. The molecule has 0 bridgehead atoms. The molecular weight excluding hydrogens is 212 g/mol. The Labute approximate surface area is 103 Å². The second-order valence-electron chi connectivity index (χ2n) is 4.09. The lowest BCUT2D eigenvalue weighted by Gasteiger charge is -2.29. The van der Waals surface area contributed by atoms with Gasteiger partial charge in [-0.3, -0.25) is 4.79 Å². The molecule has 1 aromatic carbocycles. The summed E-state index contributed by atoms with van der Waals surface area (Å²) in [4.78, 5) is 12.8. The number of anilines is 1. The molecule has 0 fully saturated rings. The Balaban J connectivity index is 3.13. The molecule has 0 aliphatic carbocycles. The van der Waals surface area contributed by atoms with Gasteiger partial charge in [-0.25, -0.2) is 0 Å². The SMILES string of the molecule is CCC(CC)N(C)c1ccc(C=O)cc1C#N. The van der Waals surface area contributed by atoms with Gasteiger partial charge in [-0.15, -0.1) is 0 Å². The van der Waals surface area contributed by atoms with Crippen LogP contribution in [-0.4, -0.2) is 19.4 Å². The van der Waals surface area contributed by atoms with Gasteiger partial charge in [0.1, 0.15) is 12.4 Å². The normalized spacial score (nSPS) is 10.1. The summed E-state index contributed by atoms with van der Waals surface area (Å²) in [5.41, 5.74) is 2.00. The Hall–Kier alpha value is -1.82. The molecule has 0 aliphatic rings. The van der Waals surface area contributed by atoms with Crippen molar-refractivity contribution in [1.82, 2.24) is 0 Å². The molecule has 0 atom stereocenters. The molecule has 0 heterocycles. The summed E-state index contributed by atoms with van der Waals surface area (Å²) in [5, 5.41) is 9.12. The first-order chi connectivity index (χ1) is 8.17. The van der Waals surface area contributed by atoms with E-state index in [1.165, 1.54) is 0 Å². The Morgan fingerprint density at radius 2 is 2.06 bits per heavy atom. The monoisotopic (exact) mass is 230 g/mol. The van der Waals surface area contributed by atoms with Gasteiger partial charge in [-0.05, 0) is 31.0 Å². The highest BCUT2D eigenvalue weighted by Crippen LogP contribution is 2.23. The first kappa shape index (κ1) is 13.2. The molecule has 0 aromatic heterocycles. The predicted octanol–water partition coefficient (Wildman–Crippen LogP) is 3.00. The second kappa shape index (κ2) is 6.05. The van der Waals surface area contributed by atoms with E-state index >= 15 is 0 Å². The van der Waals surface area contributed by atoms with Crippen LogP contribution in [-0.2, 0) is 0 Å². The van der Waals surface area contributed by atoms with Crippen LogP contribution in [0.5, 0.6) is 0 Å². The maximum atomic E-state index is 10.7. The van der Waals surface area contributed by atoms with Crippen LogP contribution in [0.15, 0.2) is 18.2 Å². The van der Waals surface area contributed by atoms with E-state index in [0.29, 0.717) is 17.2 Å². The number of nitrogens with zero attached hydrogens (tertiary/aromatic N) is 2. The molecule has 90 valence electrons. The van der Waals surface area contributed by atoms with Gasteiger partial charge in [-0.2, -0.15) is 5.26 Å². The van der Waals surface area contributed by atoms with Crippen molar-refractivity contribution in [2.45, 2.75) is 32.7 Å². The van der Waals surface area contributed by atoms with E-state index < -0.39 is 0 Å². The van der Waals surface area contributed by atoms with Gasteiger partial charge in [0.05, 0.1) is 11.3 Å². The van der Waals surface area contributed by atoms with E-state index in [0.717, 1.165) is 24.8 Å². The smallest absolute Gasteiger partial charge is 0.150 e. The van der Waals surface area contributed by atoms with E-state index in [9.17, 15) is 4.79 Å². The third-order valence-corrected chi connectivity index (χ3v) is 3.15. The fraction of sp³-hybridized carbons (Fsp3) is 0.429. The number of aldehydes is 1. The molecule has 0 N–H and O–H groups in total. The van der Waals surface area contributed by atoms with Crippen molar-refractivity contribution < 1.29 is 4.79 Å². The molecule has 0 unspecified atom stereocenters. The summed E-state index contributed by atoms with van der Waals surface area (Å²) in [6, 6.07) is 7.81. The molecule has 0 saturated carbocycles. The van der Waals surface area contributed by atoms with E-state index in [2.05, 4.69) is 24.8 Å². The van der Waals surface area contributed by atoms with Crippen molar-refractivity contribution in [1.29, 1.82) is 5.26 Å². The highest BCUT2D eigenvalue weighted by Gasteiger charge is 2.14. The predicted molar refractivity (Wildman–Crippen MR) is 69.3 cm³/mol. The minimum absolute atomic E-state index is 0.421. The number of benzene rings is 1. The number of carbonyl (C=O) groups is 1. The fourth-order valence-electron chi connectivity index (χ4n) is 2.06. The summed E-state index contributed by atoms with van der Waals surface area (Å²) in [5.74, 6) is 0. The number of hydrogen-bond acceptors (Lipinski definition) is 3. The third-order valence-electron chi connectivity index (χ3n) is 3.15. The van der Waals surface area contributed by atoms with Crippen LogP contribution in [0.3, 0.4) is 0 Å². The van der Waals surface area contributed by atoms with Crippen LogP contribution in [0.25, 0.3) is 0 Å². The van der Waals surface area contributed by atoms with Crippen LogP contribution in [0.2, 0.25) is 0 Å². The van der Waals surface area contributed by atoms with Crippen molar-refractivity contribution in [3.05, 3.63) is 29.3 Å². The topological polar surface area (TPSA) is 44.1 Å². The number of rotatable bonds is 5. The molecule has 3 nitrogen and oxygen atoms in total. The molecule has 17 heavy (non-hydrogen) atoms. The van der Waals surface area contributed by atoms with Crippen LogP contribution >= 0.6 is 0 Å². The van der Waals surface area contributed by atoms with Gasteiger partial charge in [0.2, 0.25) is 0 Å². The Bertz CT molecular complexity index is 430. The number of nitriles is 1. The molecular formula is C14H18N2O. The zero-order valence-corrected chi connectivity index (χ0v) is 10.6. The summed E-state index contributed by atoms with van der Waals surface area (Å²) in [6.45, 7) is 4.27. The lowest BCUT2D eigenvalue weighted by molar-refractivity contribution is 0.112. The zero-order valence-electron chi connectivity index (χ0n) is 10.6. The summed E-state index contributed by atoms with van der Waals surface area (Å²) in [6.07, 6.45) is 2.84. The first-order valence-electron chi connectivity index (χ1n) is 5.90. The van der Waals surface area contributed by atoms with E-state index in [-0.39, 0.29) is 0 Å². The third kappa shape index (κ3) is 2.85. The minimum Gasteiger partial charge on any atom is -0.371 e. The number of hydrogen-bond donors (Lipinski definition) is 0. The average molecular weight is 230 g/mol. The van der Waals surface area contributed by atoms with Crippen molar-refractivity contribution in [3.8, 4) is 6.07 Å². The van der Waals surface area contributed by atoms with Crippen molar-refractivity contribution >= 4 is 12.0 Å². The molecule has 1 rings (SSSR count). The van der Waals surface area contributed by atoms with Gasteiger partial charge in [-0.1, -0.05) is 13.8 Å². The lowest BCUT2D eigenvalue weighted by atomic mass is 10.1. The largest absolute Gasteiger partial charge is 0.371 e. The molecule has 3 heteroatoms. The van der Waals surface area contributed by atoms with Gasteiger partial charge < -0.3 is 4.90 Å². The van der Waals surface area contributed by atoms with Gasteiger partial charge in [0, 0.05) is 18.7 Å². The van der Waals surface area contributed by atoms with Gasteiger partial charge >= 0.3 is 0 Å². The minimum atomic E-state index is 0.421. The zero-order chi connectivity index (χ0) is 12.8. The molecule has 0 spiro atoms. The lowest BCUT2D eigenvalue weighted by Crippen LogP contribution is -2.30. The molecule has 0 radical (unpaired) electrons. The molecule has 0 aliphatic heterocycles. The molecule has 1 aromatic rings. The number of carbonyl (C=O) groups excluding carboxylic acids is 1. The Kier molecular flexibility index (Phi) is 4.71. The fourth-order valence-corrected chi connectivity index (χ4v) is 2.06. The summed E-state index contributed by atoms with van der Waals surface area (Å²) in [7, 11) is 1.99. The first-order valence-corrected chi connectivity index (χ1v) is 5.90. The summed E-state index contributed by atoms with van der Waals surface area (Å²) >= 11 is 0. The Morgan fingerprint density at radius 3 is 2.53 bits per heavy atom. The van der Waals surface area contributed by atoms with Crippen LogP contribution in [0.4, 0.5) is 5.69 Å². The standard InChI is InChI=1S/C14H18N2O/c1-4-13(5-2)16(3)14-7-6-11(10-17)8-12(14)9-15/h6-8,10,13H,4-5H2,1-3H3. The van der Waals surface area contributed by atoms with E-state index in [4.69, 9.17) is 5.26 Å². The van der Waals surface area contributed by atoms with Gasteiger partial charge in [0.15, 0.2) is 0 Å². The highest BCUT2D eigenvalue weighted by molar-refractivity contribution is 5.78. The molecule has 0 amide bonds. The summed E-state index contributed by atoms with van der Waals surface area (Å²) < 4.78 is 0. The van der Waals surface area contributed by atoms with Crippen LogP contribution < -0.4 is 4.90 Å². The highest BCUT2D eigenvalue weighted by atomic mass is 16.1. The maximum absolute atomic E-state index is 10.7. The van der Waals surface area contributed by atoms with E-state index in [1.807, 2.05) is 13.1 Å².